The maximum atomic E-state index is 13.3. The molecule has 1 unspecified atom stereocenters. The average Bonchev–Trinajstić information content (AvgIpc) is 3.38. The Hall–Kier alpha value is -3.31. The van der Waals surface area contributed by atoms with E-state index in [4.69, 9.17) is 26.1 Å². The van der Waals surface area contributed by atoms with E-state index >= 15 is 0 Å². The number of nitrogens with one attached hydrogen (secondary N) is 1. The van der Waals surface area contributed by atoms with Gasteiger partial charge in [0.25, 0.3) is 0 Å². The molecule has 1 aliphatic carbocycles. The largest absolute Gasteiger partial charge is 0.493 e. The number of amides is 1. The van der Waals surface area contributed by atoms with Gasteiger partial charge in [-0.25, -0.2) is 0 Å². The first-order chi connectivity index (χ1) is 16.6. The minimum absolute atomic E-state index is 0.193. The molecular weight excluding hydrogens is 448 g/mol. The van der Waals surface area contributed by atoms with Crippen LogP contribution in [0.5, 0.6) is 11.5 Å². The Labute approximate surface area is 204 Å². The number of ether oxygens (including phenoxy) is 2. The van der Waals surface area contributed by atoms with Gasteiger partial charge in [-0.3, -0.25) is 9.79 Å². The van der Waals surface area contributed by atoms with E-state index in [1.54, 1.807) is 19.2 Å². The van der Waals surface area contributed by atoms with Crippen molar-refractivity contribution in [2.75, 3.05) is 12.4 Å². The van der Waals surface area contributed by atoms with Crippen LogP contribution in [0.3, 0.4) is 0 Å². The van der Waals surface area contributed by atoms with Crippen LogP contribution in [0.2, 0.25) is 5.02 Å². The third-order valence-electron chi connectivity index (χ3n) is 6.42. The Kier molecular flexibility index (Phi) is 6.54. The van der Waals surface area contributed by atoms with Crippen molar-refractivity contribution in [3.8, 4) is 11.5 Å². The summed E-state index contributed by atoms with van der Waals surface area (Å²) in [6, 6.07) is 20.6. The maximum Gasteiger partial charge on any atom is 0.249 e. The molecule has 34 heavy (non-hydrogen) atoms. The Morgan fingerprint density at radius 3 is 2.47 bits per heavy atom. The number of methoxy groups -OCH3 is 1. The van der Waals surface area contributed by atoms with Crippen LogP contribution in [-0.4, -0.2) is 30.9 Å². The van der Waals surface area contributed by atoms with Gasteiger partial charge in [-0.15, -0.1) is 0 Å². The number of hydrogen-bond acceptors (Lipinski definition) is 4. The minimum Gasteiger partial charge on any atom is -0.493 e. The molecule has 1 N–H and O–H groups in total. The smallest absolute Gasteiger partial charge is 0.249 e. The summed E-state index contributed by atoms with van der Waals surface area (Å²) < 4.78 is 12.0. The number of carbonyl (C=O) groups excluding carboxylic acids is 1. The number of fused-ring (bicyclic) bond motifs is 1. The Morgan fingerprint density at radius 2 is 1.74 bits per heavy atom. The van der Waals surface area contributed by atoms with E-state index in [-0.39, 0.29) is 12.0 Å². The van der Waals surface area contributed by atoms with Crippen molar-refractivity contribution in [3.63, 3.8) is 0 Å². The number of halogens is 1. The van der Waals surface area contributed by atoms with Crippen molar-refractivity contribution in [2.24, 2.45) is 4.99 Å². The third kappa shape index (κ3) is 4.66. The zero-order valence-electron chi connectivity index (χ0n) is 19.1. The summed E-state index contributed by atoms with van der Waals surface area (Å²) in [5.41, 5.74) is 4.28. The van der Waals surface area contributed by atoms with Gasteiger partial charge in [-0.2, -0.15) is 0 Å². The molecule has 1 aliphatic heterocycles. The number of nitrogens with zero attached hydrogens (tertiary/aromatic N) is 1. The van der Waals surface area contributed by atoms with E-state index in [1.807, 2.05) is 54.6 Å². The molecule has 0 spiro atoms. The summed E-state index contributed by atoms with van der Waals surface area (Å²) in [6.07, 6.45) is 5.16. The van der Waals surface area contributed by atoms with E-state index in [0.29, 0.717) is 22.9 Å². The zero-order valence-corrected chi connectivity index (χ0v) is 19.8. The molecule has 1 amide bonds. The van der Waals surface area contributed by atoms with Crippen LogP contribution < -0.4 is 14.8 Å². The lowest BCUT2D eigenvalue weighted by Crippen LogP contribution is -2.33. The molecule has 1 heterocycles. The van der Waals surface area contributed by atoms with E-state index < -0.39 is 6.04 Å². The summed E-state index contributed by atoms with van der Waals surface area (Å²) >= 11 is 6.27. The first-order valence-corrected chi connectivity index (χ1v) is 12.1. The van der Waals surface area contributed by atoms with Crippen molar-refractivity contribution < 1.29 is 14.3 Å². The van der Waals surface area contributed by atoms with E-state index in [0.717, 1.165) is 41.0 Å². The highest BCUT2D eigenvalue weighted by atomic mass is 35.5. The lowest BCUT2D eigenvalue weighted by atomic mass is 9.89. The molecule has 0 radical (unpaired) electrons. The third-order valence-corrected chi connectivity index (χ3v) is 6.75. The highest BCUT2D eigenvalue weighted by molar-refractivity contribution is 6.33. The molecule has 5 nitrogen and oxygen atoms in total. The molecule has 0 aromatic heterocycles. The van der Waals surface area contributed by atoms with Gasteiger partial charge in [-0.05, 0) is 55.5 Å². The second-order valence-electron chi connectivity index (χ2n) is 8.72. The fraction of sp³-hybridized carbons (Fsp3) is 0.286. The molecular formula is C28H27ClN2O3. The summed E-state index contributed by atoms with van der Waals surface area (Å²) in [7, 11) is 1.66. The first kappa shape index (κ1) is 22.5. The van der Waals surface area contributed by atoms with Gasteiger partial charge in [0.05, 0.1) is 29.6 Å². The van der Waals surface area contributed by atoms with Gasteiger partial charge in [0.1, 0.15) is 6.04 Å². The quantitative estimate of drug-likeness (QED) is 0.471. The summed E-state index contributed by atoms with van der Waals surface area (Å²) in [4.78, 5) is 18.2. The number of hydrogen-bond donors (Lipinski definition) is 1. The standard InChI is InChI=1S/C28H27ClN2O3/c1-33-25-17-21-19(16-26(25)34-20-11-5-6-12-20)15-24(30-27(21)18-9-3-2-4-10-18)28(32)31-23-14-8-7-13-22(23)29/h2-4,7-10,13-14,16-17,20,24H,5-6,11-12,15H2,1H3,(H,31,32). The van der Waals surface area contributed by atoms with Crippen molar-refractivity contribution in [3.05, 3.63) is 88.4 Å². The monoisotopic (exact) mass is 474 g/mol. The normalized spacial score (nSPS) is 17.6. The van der Waals surface area contributed by atoms with Crippen LogP contribution in [0.4, 0.5) is 5.69 Å². The fourth-order valence-corrected chi connectivity index (χ4v) is 4.85. The SMILES string of the molecule is COc1cc2c(cc1OC1CCCC1)CC(C(=O)Nc1ccccc1Cl)N=C2c1ccccc1. The second-order valence-corrected chi connectivity index (χ2v) is 9.12. The summed E-state index contributed by atoms with van der Waals surface area (Å²) in [6.45, 7) is 0. The molecule has 1 fully saturated rings. The van der Waals surface area contributed by atoms with Crippen LogP contribution in [0.25, 0.3) is 0 Å². The zero-order chi connectivity index (χ0) is 23.5. The number of aliphatic imine (C=N–C) groups is 1. The van der Waals surface area contributed by atoms with Crippen molar-refractivity contribution in [1.82, 2.24) is 0 Å². The van der Waals surface area contributed by atoms with Gasteiger partial charge < -0.3 is 14.8 Å². The highest BCUT2D eigenvalue weighted by Crippen LogP contribution is 2.37. The van der Waals surface area contributed by atoms with Gasteiger partial charge in [-0.1, -0.05) is 54.1 Å². The Bertz CT molecular complexity index is 1220. The van der Waals surface area contributed by atoms with Crippen LogP contribution in [-0.2, 0) is 11.2 Å². The Morgan fingerprint density at radius 1 is 1.00 bits per heavy atom. The molecule has 6 heteroatoms. The fourth-order valence-electron chi connectivity index (χ4n) is 4.66. The van der Waals surface area contributed by atoms with Gasteiger partial charge in [0.15, 0.2) is 11.5 Å². The van der Waals surface area contributed by atoms with E-state index in [2.05, 4.69) is 5.32 Å². The lowest BCUT2D eigenvalue weighted by Gasteiger charge is -2.26. The topological polar surface area (TPSA) is 59.9 Å². The molecule has 174 valence electrons. The number of anilines is 1. The predicted molar refractivity (Wildman–Crippen MR) is 136 cm³/mol. The van der Waals surface area contributed by atoms with Crippen LogP contribution in [0, 0.1) is 0 Å². The molecule has 5 rings (SSSR count). The molecule has 3 aromatic rings. The molecule has 0 bridgehead atoms. The lowest BCUT2D eigenvalue weighted by molar-refractivity contribution is -0.117. The van der Waals surface area contributed by atoms with Gasteiger partial charge in [0.2, 0.25) is 5.91 Å². The molecule has 2 aliphatic rings. The summed E-state index contributed by atoms with van der Waals surface area (Å²) in [5, 5.41) is 3.44. The predicted octanol–water partition coefficient (Wildman–Crippen LogP) is 6.07. The molecule has 1 atom stereocenters. The van der Waals surface area contributed by atoms with E-state index in [9.17, 15) is 4.79 Å². The number of rotatable bonds is 6. The maximum absolute atomic E-state index is 13.3. The highest BCUT2D eigenvalue weighted by Gasteiger charge is 2.30. The van der Waals surface area contributed by atoms with Crippen molar-refractivity contribution in [2.45, 2.75) is 44.2 Å². The van der Waals surface area contributed by atoms with Crippen LogP contribution in [0.15, 0.2) is 71.7 Å². The first-order valence-electron chi connectivity index (χ1n) is 11.7. The van der Waals surface area contributed by atoms with Crippen molar-refractivity contribution >= 4 is 28.9 Å². The number of para-hydroxylation sites is 1. The molecule has 3 aromatic carbocycles. The second kappa shape index (κ2) is 9.90. The average molecular weight is 475 g/mol. The van der Waals surface area contributed by atoms with Gasteiger partial charge in [0, 0.05) is 17.5 Å². The Balaban J connectivity index is 1.52. The minimum atomic E-state index is -0.591. The van der Waals surface area contributed by atoms with Crippen LogP contribution >= 0.6 is 11.6 Å². The molecule has 1 saturated carbocycles. The number of benzene rings is 3. The number of carbonyl (C=O) groups is 1. The summed E-state index contributed by atoms with van der Waals surface area (Å²) in [5.74, 6) is 1.22. The van der Waals surface area contributed by atoms with Crippen molar-refractivity contribution in [1.29, 1.82) is 0 Å². The van der Waals surface area contributed by atoms with E-state index in [1.165, 1.54) is 12.8 Å². The van der Waals surface area contributed by atoms with Gasteiger partial charge >= 0.3 is 0 Å². The molecule has 0 saturated heterocycles. The van der Waals surface area contributed by atoms with Crippen LogP contribution in [0.1, 0.15) is 42.4 Å².